The van der Waals surface area contributed by atoms with Crippen LogP contribution in [0.5, 0.6) is 11.5 Å². The summed E-state index contributed by atoms with van der Waals surface area (Å²) in [6.07, 6.45) is 1.46. The maximum atomic E-state index is 13.0. The van der Waals surface area contributed by atoms with Crippen LogP contribution < -0.4 is 14.4 Å². The van der Waals surface area contributed by atoms with Crippen molar-refractivity contribution in [3.8, 4) is 11.5 Å². The van der Waals surface area contributed by atoms with Crippen molar-refractivity contribution in [1.29, 1.82) is 0 Å². The van der Waals surface area contributed by atoms with Crippen LogP contribution in [0.25, 0.3) is 0 Å². The van der Waals surface area contributed by atoms with E-state index in [0.717, 1.165) is 0 Å². The number of benzene rings is 1. The lowest BCUT2D eigenvalue weighted by molar-refractivity contribution is -0.123. The zero-order valence-corrected chi connectivity index (χ0v) is 16.5. The number of anilines is 1. The zero-order valence-electron chi connectivity index (χ0n) is 16.5. The molecule has 0 saturated heterocycles. The van der Waals surface area contributed by atoms with Crippen molar-refractivity contribution in [2.24, 2.45) is 5.41 Å². The van der Waals surface area contributed by atoms with Crippen molar-refractivity contribution in [3.05, 3.63) is 53.7 Å². The Labute approximate surface area is 163 Å². The quantitative estimate of drug-likeness (QED) is 0.842. The van der Waals surface area contributed by atoms with Crippen molar-refractivity contribution in [1.82, 2.24) is 0 Å². The molecule has 148 valence electrons. The van der Waals surface area contributed by atoms with E-state index in [4.69, 9.17) is 13.9 Å². The standard InChI is InChI=1S/C21H23NO6/c1-21(2,3)19(24)16-17(14-7-6-10-28-14)22(20(25)18(16)23)12-8-9-13(26-4)15(11-12)27-5/h6-11,17,23H,1-5H3. The summed E-state index contributed by atoms with van der Waals surface area (Å²) < 4.78 is 16.1. The Hall–Kier alpha value is -3.22. The summed E-state index contributed by atoms with van der Waals surface area (Å²) in [5.74, 6) is -0.295. The molecule has 0 saturated carbocycles. The normalized spacial score (nSPS) is 17.2. The fourth-order valence-corrected chi connectivity index (χ4v) is 3.20. The molecule has 0 bridgehead atoms. The van der Waals surface area contributed by atoms with Gasteiger partial charge in [0.25, 0.3) is 5.91 Å². The van der Waals surface area contributed by atoms with Crippen LogP contribution in [0.2, 0.25) is 0 Å². The van der Waals surface area contributed by atoms with E-state index >= 15 is 0 Å². The Morgan fingerprint density at radius 3 is 2.36 bits per heavy atom. The third-order valence-electron chi connectivity index (χ3n) is 4.59. The molecule has 2 aromatic rings. The average Bonchev–Trinajstić information content (AvgIpc) is 3.27. The molecule has 1 aromatic heterocycles. The highest BCUT2D eigenvalue weighted by Crippen LogP contribution is 2.45. The molecule has 0 aliphatic carbocycles. The molecule has 7 heteroatoms. The van der Waals surface area contributed by atoms with Gasteiger partial charge in [-0.05, 0) is 24.3 Å². The molecule has 1 aliphatic heterocycles. The molecule has 0 spiro atoms. The summed E-state index contributed by atoms with van der Waals surface area (Å²) in [6.45, 7) is 5.20. The fourth-order valence-electron chi connectivity index (χ4n) is 3.20. The molecular formula is C21H23NO6. The first-order valence-corrected chi connectivity index (χ1v) is 8.77. The monoisotopic (exact) mass is 385 g/mol. The molecule has 2 heterocycles. The highest BCUT2D eigenvalue weighted by molar-refractivity contribution is 6.17. The average molecular weight is 385 g/mol. The number of carbonyl (C=O) groups excluding carboxylic acids is 2. The van der Waals surface area contributed by atoms with Gasteiger partial charge in [-0.1, -0.05) is 20.8 Å². The SMILES string of the molecule is COc1ccc(N2C(=O)C(O)=C(C(=O)C(C)(C)C)C2c2ccco2)cc1OC. The van der Waals surface area contributed by atoms with E-state index in [1.54, 1.807) is 51.1 Å². The summed E-state index contributed by atoms with van der Waals surface area (Å²) >= 11 is 0. The van der Waals surface area contributed by atoms with E-state index in [1.807, 2.05) is 0 Å². The van der Waals surface area contributed by atoms with Crippen molar-refractivity contribution in [2.45, 2.75) is 26.8 Å². The van der Waals surface area contributed by atoms with Crippen molar-refractivity contribution in [3.63, 3.8) is 0 Å². The van der Waals surface area contributed by atoms with Crippen LogP contribution in [0.15, 0.2) is 52.3 Å². The van der Waals surface area contributed by atoms with Crippen molar-refractivity contribution >= 4 is 17.4 Å². The molecular weight excluding hydrogens is 362 g/mol. The van der Waals surface area contributed by atoms with E-state index < -0.39 is 23.1 Å². The van der Waals surface area contributed by atoms with Crippen LogP contribution >= 0.6 is 0 Å². The molecule has 1 amide bonds. The lowest BCUT2D eigenvalue weighted by Gasteiger charge is -2.27. The van der Waals surface area contributed by atoms with Crippen LogP contribution in [-0.4, -0.2) is 31.0 Å². The third kappa shape index (κ3) is 3.13. The van der Waals surface area contributed by atoms with E-state index in [2.05, 4.69) is 0 Å². The zero-order chi connectivity index (χ0) is 20.6. The van der Waals surface area contributed by atoms with E-state index in [1.165, 1.54) is 25.4 Å². The molecule has 3 rings (SSSR count). The number of ether oxygens (including phenoxy) is 2. The van der Waals surface area contributed by atoms with Gasteiger partial charge in [-0.2, -0.15) is 0 Å². The minimum atomic E-state index is -0.882. The van der Waals surface area contributed by atoms with Gasteiger partial charge in [-0.25, -0.2) is 0 Å². The smallest absolute Gasteiger partial charge is 0.294 e. The summed E-state index contributed by atoms with van der Waals surface area (Å²) in [4.78, 5) is 27.3. The van der Waals surface area contributed by atoms with Crippen LogP contribution in [0.4, 0.5) is 5.69 Å². The summed E-state index contributed by atoms with van der Waals surface area (Å²) in [6, 6.07) is 7.38. The minimum absolute atomic E-state index is 0.0160. The van der Waals surface area contributed by atoms with Gasteiger partial charge in [0.1, 0.15) is 11.8 Å². The largest absolute Gasteiger partial charge is 0.503 e. The second-order valence-corrected chi connectivity index (χ2v) is 7.47. The number of aliphatic hydroxyl groups is 1. The molecule has 1 unspecified atom stereocenters. The molecule has 1 aliphatic rings. The Morgan fingerprint density at radius 1 is 1.14 bits per heavy atom. The third-order valence-corrected chi connectivity index (χ3v) is 4.59. The lowest BCUT2D eigenvalue weighted by Crippen LogP contribution is -2.32. The number of furan rings is 1. The second kappa shape index (κ2) is 7.07. The van der Waals surface area contributed by atoms with Gasteiger partial charge in [0.15, 0.2) is 23.0 Å². The van der Waals surface area contributed by atoms with Gasteiger partial charge in [0.05, 0.1) is 26.1 Å². The number of amides is 1. The Kier molecular flexibility index (Phi) is 4.93. The number of Topliss-reactive ketones (excluding diaryl/α,β-unsaturated/α-hetero) is 1. The predicted molar refractivity (Wildman–Crippen MR) is 103 cm³/mol. The van der Waals surface area contributed by atoms with E-state index in [0.29, 0.717) is 22.9 Å². The van der Waals surface area contributed by atoms with Crippen LogP contribution in [0.1, 0.15) is 32.6 Å². The number of ketones is 1. The van der Waals surface area contributed by atoms with Gasteiger partial charge in [0.2, 0.25) is 0 Å². The number of hydrogen-bond acceptors (Lipinski definition) is 6. The molecule has 1 aromatic carbocycles. The van der Waals surface area contributed by atoms with Crippen LogP contribution in [0.3, 0.4) is 0 Å². The van der Waals surface area contributed by atoms with Gasteiger partial charge < -0.3 is 19.0 Å². The van der Waals surface area contributed by atoms with Crippen molar-refractivity contribution < 1.29 is 28.6 Å². The Bertz CT molecular complexity index is 936. The van der Waals surface area contributed by atoms with Crippen LogP contribution in [-0.2, 0) is 9.59 Å². The summed E-state index contributed by atoms with van der Waals surface area (Å²) in [5, 5.41) is 10.6. The van der Waals surface area contributed by atoms with Gasteiger partial charge >= 0.3 is 0 Å². The van der Waals surface area contributed by atoms with E-state index in [9.17, 15) is 14.7 Å². The summed E-state index contributed by atoms with van der Waals surface area (Å²) in [5.41, 5.74) is -0.336. The van der Waals surface area contributed by atoms with Gasteiger partial charge in [-0.15, -0.1) is 0 Å². The van der Waals surface area contributed by atoms with Gasteiger partial charge in [-0.3, -0.25) is 14.5 Å². The topological polar surface area (TPSA) is 89.2 Å². The fraction of sp³-hybridized carbons (Fsp3) is 0.333. The number of rotatable bonds is 5. The highest BCUT2D eigenvalue weighted by atomic mass is 16.5. The molecule has 0 radical (unpaired) electrons. The Balaban J connectivity index is 2.17. The second-order valence-electron chi connectivity index (χ2n) is 7.47. The van der Waals surface area contributed by atoms with E-state index in [-0.39, 0.29) is 11.4 Å². The molecule has 28 heavy (non-hydrogen) atoms. The van der Waals surface area contributed by atoms with Gasteiger partial charge in [0, 0.05) is 17.2 Å². The van der Waals surface area contributed by atoms with Crippen LogP contribution in [0, 0.1) is 5.41 Å². The maximum absolute atomic E-state index is 13.0. The first-order valence-electron chi connectivity index (χ1n) is 8.77. The first kappa shape index (κ1) is 19.5. The molecule has 1 N–H and O–H groups in total. The number of carbonyl (C=O) groups is 2. The molecule has 1 atom stereocenters. The molecule has 7 nitrogen and oxygen atoms in total. The molecule has 0 fully saturated rings. The number of methoxy groups -OCH3 is 2. The summed E-state index contributed by atoms with van der Waals surface area (Å²) in [7, 11) is 3.00. The lowest BCUT2D eigenvalue weighted by atomic mass is 9.83. The first-order chi connectivity index (χ1) is 13.2. The maximum Gasteiger partial charge on any atom is 0.294 e. The Morgan fingerprint density at radius 2 is 1.82 bits per heavy atom. The predicted octanol–water partition coefficient (Wildman–Crippen LogP) is 3.81. The minimum Gasteiger partial charge on any atom is -0.503 e. The number of aliphatic hydroxyl groups excluding tert-OH is 1. The number of hydrogen-bond donors (Lipinski definition) is 1. The highest BCUT2D eigenvalue weighted by Gasteiger charge is 2.48. The number of nitrogens with zero attached hydrogens (tertiary/aromatic N) is 1. The van der Waals surface area contributed by atoms with Crippen molar-refractivity contribution in [2.75, 3.05) is 19.1 Å².